The number of fused-ring (bicyclic) bond motifs is 1. The van der Waals surface area contributed by atoms with E-state index in [1.165, 1.54) is 0 Å². The molecule has 6 nitrogen and oxygen atoms in total. The zero-order chi connectivity index (χ0) is 24.7. The molecule has 0 atom stereocenters. The summed E-state index contributed by atoms with van der Waals surface area (Å²) < 4.78 is 11.8. The van der Waals surface area contributed by atoms with Crippen LogP contribution in [0.2, 0.25) is 0 Å². The molecular formula is C30H21N3O3. The van der Waals surface area contributed by atoms with E-state index in [4.69, 9.17) is 9.47 Å². The van der Waals surface area contributed by atoms with E-state index in [9.17, 15) is 10.1 Å². The zero-order valence-electron chi connectivity index (χ0n) is 19.2. The van der Waals surface area contributed by atoms with Gasteiger partial charge in [-0.1, -0.05) is 48.5 Å². The Labute approximate surface area is 208 Å². The summed E-state index contributed by atoms with van der Waals surface area (Å²) >= 11 is 0. The van der Waals surface area contributed by atoms with Crippen molar-refractivity contribution in [3.63, 3.8) is 0 Å². The lowest BCUT2D eigenvalue weighted by atomic mass is 10.2. The van der Waals surface area contributed by atoms with Crippen molar-refractivity contribution < 1.29 is 14.3 Å². The molecule has 5 rings (SSSR count). The maximum atomic E-state index is 12.9. The van der Waals surface area contributed by atoms with Crippen molar-refractivity contribution in [3.05, 3.63) is 126 Å². The number of nitrogens with one attached hydrogen (secondary N) is 1. The van der Waals surface area contributed by atoms with E-state index < -0.39 is 0 Å². The summed E-state index contributed by atoms with van der Waals surface area (Å²) in [7, 11) is 0. The number of aromatic nitrogens is 1. The van der Waals surface area contributed by atoms with Crippen LogP contribution in [0.25, 0.3) is 10.9 Å². The lowest BCUT2D eigenvalue weighted by Gasteiger charge is -2.13. The molecule has 1 aromatic heterocycles. The van der Waals surface area contributed by atoms with Gasteiger partial charge in [-0.25, -0.2) is 4.98 Å². The molecular weight excluding hydrogens is 450 g/mol. The summed E-state index contributed by atoms with van der Waals surface area (Å²) in [5.74, 6) is 1.21. The average Bonchev–Trinajstić information content (AvgIpc) is 2.93. The van der Waals surface area contributed by atoms with Crippen LogP contribution in [-0.2, 0) is 6.61 Å². The molecule has 36 heavy (non-hydrogen) atoms. The fourth-order valence-electron chi connectivity index (χ4n) is 3.67. The third kappa shape index (κ3) is 5.16. The van der Waals surface area contributed by atoms with E-state index in [1.807, 2.05) is 36.4 Å². The van der Waals surface area contributed by atoms with E-state index in [0.29, 0.717) is 40.7 Å². The van der Waals surface area contributed by atoms with Crippen molar-refractivity contribution in [2.24, 2.45) is 0 Å². The van der Waals surface area contributed by atoms with Crippen LogP contribution in [0.3, 0.4) is 0 Å². The Morgan fingerprint density at radius 2 is 1.53 bits per heavy atom. The van der Waals surface area contributed by atoms with Gasteiger partial charge in [0, 0.05) is 10.9 Å². The van der Waals surface area contributed by atoms with Gasteiger partial charge in [0.25, 0.3) is 5.91 Å². The van der Waals surface area contributed by atoms with Crippen molar-refractivity contribution in [2.45, 2.75) is 6.61 Å². The van der Waals surface area contributed by atoms with E-state index in [0.717, 1.165) is 16.6 Å². The molecule has 0 fully saturated rings. The molecule has 1 amide bonds. The molecule has 0 spiro atoms. The average molecular weight is 472 g/mol. The number of nitriles is 1. The van der Waals surface area contributed by atoms with Gasteiger partial charge >= 0.3 is 0 Å². The standard InChI is InChI=1S/C30H21N3O3/c31-19-23-8-2-5-11-28(23)36-29-12-6-4-10-27(29)33-30(34)22-14-17-25(18-15-22)35-20-24-16-13-21-7-1-3-9-26(21)32-24/h1-18H,20H2,(H,33,34). The number of hydrogen-bond acceptors (Lipinski definition) is 5. The number of benzene rings is 4. The molecule has 0 radical (unpaired) electrons. The Hall–Kier alpha value is -5.15. The van der Waals surface area contributed by atoms with Gasteiger partial charge in [0.1, 0.15) is 24.2 Å². The second-order valence-electron chi connectivity index (χ2n) is 7.97. The first-order chi connectivity index (χ1) is 17.7. The van der Waals surface area contributed by atoms with Crippen molar-refractivity contribution >= 4 is 22.5 Å². The zero-order valence-corrected chi connectivity index (χ0v) is 19.2. The number of hydrogen-bond donors (Lipinski definition) is 1. The van der Waals surface area contributed by atoms with Gasteiger partial charge in [0.15, 0.2) is 5.75 Å². The first-order valence-corrected chi connectivity index (χ1v) is 11.3. The van der Waals surface area contributed by atoms with E-state index in [-0.39, 0.29) is 5.91 Å². The fourth-order valence-corrected chi connectivity index (χ4v) is 3.67. The minimum absolute atomic E-state index is 0.289. The summed E-state index contributed by atoms with van der Waals surface area (Å²) in [6.07, 6.45) is 0. The van der Waals surface area contributed by atoms with Crippen LogP contribution in [0.15, 0.2) is 109 Å². The molecule has 0 aliphatic carbocycles. The maximum absolute atomic E-state index is 12.9. The predicted molar refractivity (Wildman–Crippen MR) is 138 cm³/mol. The van der Waals surface area contributed by atoms with Crippen LogP contribution in [0, 0.1) is 11.3 Å². The van der Waals surface area contributed by atoms with Gasteiger partial charge in [-0.2, -0.15) is 5.26 Å². The molecule has 174 valence electrons. The third-order valence-corrected chi connectivity index (χ3v) is 5.52. The smallest absolute Gasteiger partial charge is 0.255 e. The van der Waals surface area contributed by atoms with Gasteiger partial charge in [-0.15, -0.1) is 0 Å². The van der Waals surface area contributed by atoms with Crippen molar-refractivity contribution in [2.75, 3.05) is 5.32 Å². The van der Waals surface area contributed by atoms with Crippen LogP contribution in [0.5, 0.6) is 17.2 Å². The predicted octanol–water partition coefficient (Wildman–Crippen LogP) is 6.73. The van der Waals surface area contributed by atoms with E-state index in [1.54, 1.807) is 72.8 Å². The Bertz CT molecular complexity index is 1570. The summed E-state index contributed by atoms with van der Waals surface area (Å²) in [5, 5.41) is 13.3. The van der Waals surface area contributed by atoms with Gasteiger partial charge in [0.05, 0.1) is 22.5 Å². The molecule has 4 aromatic carbocycles. The highest BCUT2D eigenvalue weighted by Gasteiger charge is 2.12. The second kappa shape index (κ2) is 10.4. The number of anilines is 1. The van der Waals surface area contributed by atoms with Crippen LogP contribution in [-0.4, -0.2) is 10.9 Å². The van der Waals surface area contributed by atoms with Crippen LogP contribution in [0.4, 0.5) is 5.69 Å². The summed E-state index contributed by atoms with van der Waals surface area (Å²) in [5.41, 5.74) is 3.13. The number of para-hydroxylation sites is 4. The lowest BCUT2D eigenvalue weighted by molar-refractivity contribution is 0.102. The first kappa shape index (κ1) is 22.6. The Morgan fingerprint density at radius 1 is 0.806 bits per heavy atom. The van der Waals surface area contributed by atoms with Gasteiger partial charge in [-0.05, 0) is 60.7 Å². The fraction of sp³-hybridized carbons (Fsp3) is 0.0333. The number of pyridine rings is 1. The quantitative estimate of drug-likeness (QED) is 0.284. The number of carbonyl (C=O) groups excluding carboxylic acids is 1. The van der Waals surface area contributed by atoms with Gasteiger partial charge in [-0.3, -0.25) is 4.79 Å². The van der Waals surface area contributed by atoms with Gasteiger partial charge < -0.3 is 14.8 Å². The molecule has 1 N–H and O–H groups in total. The molecule has 0 saturated carbocycles. The van der Waals surface area contributed by atoms with E-state index in [2.05, 4.69) is 16.4 Å². The normalized spacial score (nSPS) is 10.4. The topological polar surface area (TPSA) is 84.2 Å². The Balaban J connectivity index is 1.24. The summed E-state index contributed by atoms with van der Waals surface area (Å²) in [6, 6.07) is 34.9. The highest BCUT2D eigenvalue weighted by atomic mass is 16.5. The monoisotopic (exact) mass is 471 g/mol. The first-order valence-electron chi connectivity index (χ1n) is 11.3. The van der Waals surface area contributed by atoms with Crippen molar-refractivity contribution in [1.29, 1.82) is 5.26 Å². The van der Waals surface area contributed by atoms with Crippen molar-refractivity contribution in [3.8, 4) is 23.3 Å². The molecule has 0 unspecified atom stereocenters. The van der Waals surface area contributed by atoms with E-state index >= 15 is 0 Å². The number of amides is 1. The van der Waals surface area contributed by atoms with Crippen LogP contribution < -0.4 is 14.8 Å². The molecule has 0 saturated heterocycles. The molecule has 0 aliphatic heterocycles. The van der Waals surface area contributed by atoms with Gasteiger partial charge in [0.2, 0.25) is 0 Å². The Kier molecular flexibility index (Phi) is 6.55. The van der Waals surface area contributed by atoms with Crippen LogP contribution >= 0.6 is 0 Å². The summed E-state index contributed by atoms with van der Waals surface area (Å²) in [6.45, 7) is 0.325. The number of ether oxygens (including phenoxy) is 2. The summed E-state index contributed by atoms with van der Waals surface area (Å²) in [4.78, 5) is 17.5. The van der Waals surface area contributed by atoms with Crippen LogP contribution in [0.1, 0.15) is 21.6 Å². The maximum Gasteiger partial charge on any atom is 0.255 e. The number of rotatable bonds is 7. The number of nitrogens with zero attached hydrogens (tertiary/aromatic N) is 2. The highest BCUT2D eigenvalue weighted by molar-refractivity contribution is 6.05. The largest absolute Gasteiger partial charge is 0.487 e. The molecule has 6 heteroatoms. The SMILES string of the molecule is N#Cc1ccccc1Oc1ccccc1NC(=O)c1ccc(OCc2ccc3ccccc3n2)cc1. The minimum atomic E-state index is -0.289. The second-order valence-corrected chi connectivity index (χ2v) is 7.97. The lowest BCUT2D eigenvalue weighted by Crippen LogP contribution is -2.12. The highest BCUT2D eigenvalue weighted by Crippen LogP contribution is 2.31. The van der Waals surface area contributed by atoms with Crippen molar-refractivity contribution in [1.82, 2.24) is 4.98 Å². The molecule has 1 heterocycles. The molecule has 5 aromatic rings. The molecule has 0 aliphatic rings. The number of carbonyl (C=O) groups is 1. The minimum Gasteiger partial charge on any atom is -0.487 e. The Morgan fingerprint density at radius 3 is 2.36 bits per heavy atom. The molecule has 0 bridgehead atoms. The third-order valence-electron chi connectivity index (χ3n) is 5.52.